The van der Waals surface area contributed by atoms with Gasteiger partial charge in [0, 0.05) is 31.2 Å². The molecule has 0 bridgehead atoms. The largest absolute Gasteiger partial charge is 0.384 e. The Labute approximate surface area is 151 Å². The summed E-state index contributed by atoms with van der Waals surface area (Å²) in [6.07, 6.45) is 2.85. The second-order valence-electron chi connectivity index (χ2n) is 6.07. The van der Waals surface area contributed by atoms with Gasteiger partial charge < -0.3 is 15.4 Å². The summed E-state index contributed by atoms with van der Waals surface area (Å²) < 4.78 is 6.33. The average molecular weight is 375 g/mol. The number of nitro groups is 1. The van der Waals surface area contributed by atoms with Crippen molar-refractivity contribution in [3.63, 3.8) is 0 Å². The Morgan fingerprint density at radius 2 is 2.12 bits per heavy atom. The molecule has 140 valence electrons. The molecule has 10 heteroatoms. The number of hydrogen-bond acceptors (Lipinski definition) is 6. The first kappa shape index (κ1) is 21.1. The fraction of sp³-hybridized carbons (Fsp3) is 0.600. The number of carbonyl (C=O) groups is 1. The van der Waals surface area contributed by atoms with E-state index in [1.54, 1.807) is 7.11 Å². The third kappa shape index (κ3) is 5.80. The molecule has 0 unspecified atom stereocenters. The van der Waals surface area contributed by atoms with E-state index in [9.17, 15) is 19.7 Å². The maximum Gasteiger partial charge on any atom is 0.285 e. The summed E-state index contributed by atoms with van der Waals surface area (Å²) in [7, 11) is 1.63. The maximum atomic E-state index is 12.1. The highest BCUT2D eigenvalue weighted by molar-refractivity contribution is 5.85. The number of pyridine rings is 1. The van der Waals surface area contributed by atoms with Crippen molar-refractivity contribution in [3.8, 4) is 0 Å². The van der Waals surface area contributed by atoms with Crippen molar-refractivity contribution < 1.29 is 14.5 Å². The van der Waals surface area contributed by atoms with Crippen LogP contribution in [0.1, 0.15) is 12.8 Å². The minimum absolute atomic E-state index is 0. The SMILES string of the molecule is COCC1(CNC(=O)Cn2cc([N+](=O)[O-])ccc2=O)CCNCC1.Cl. The lowest BCUT2D eigenvalue weighted by molar-refractivity contribution is -0.385. The smallest absolute Gasteiger partial charge is 0.285 e. The zero-order chi connectivity index (χ0) is 17.6. The number of piperidine rings is 1. The highest BCUT2D eigenvalue weighted by Gasteiger charge is 2.32. The molecule has 25 heavy (non-hydrogen) atoms. The zero-order valence-corrected chi connectivity index (χ0v) is 14.8. The van der Waals surface area contributed by atoms with Crippen LogP contribution in [0.4, 0.5) is 5.69 Å². The van der Waals surface area contributed by atoms with Crippen LogP contribution in [0, 0.1) is 15.5 Å². The van der Waals surface area contributed by atoms with E-state index < -0.39 is 10.5 Å². The molecule has 2 rings (SSSR count). The minimum Gasteiger partial charge on any atom is -0.384 e. The topological polar surface area (TPSA) is 116 Å². The predicted octanol–water partition coefficient (Wildman–Crippen LogP) is 0.311. The first-order chi connectivity index (χ1) is 11.5. The Kier molecular flexibility index (Phi) is 8.01. The fourth-order valence-electron chi connectivity index (χ4n) is 2.88. The zero-order valence-electron chi connectivity index (χ0n) is 14.0. The third-order valence-corrected chi connectivity index (χ3v) is 4.27. The second-order valence-corrected chi connectivity index (χ2v) is 6.07. The summed E-state index contributed by atoms with van der Waals surface area (Å²) in [4.78, 5) is 34.0. The van der Waals surface area contributed by atoms with E-state index in [1.165, 1.54) is 0 Å². The van der Waals surface area contributed by atoms with Gasteiger partial charge in [0.05, 0.1) is 17.7 Å². The van der Waals surface area contributed by atoms with Crippen LogP contribution in [0.15, 0.2) is 23.1 Å². The molecule has 1 amide bonds. The molecular weight excluding hydrogens is 352 g/mol. The minimum atomic E-state index is -0.601. The van der Waals surface area contributed by atoms with Gasteiger partial charge in [0.1, 0.15) is 6.54 Å². The molecule has 0 aliphatic carbocycles. The van der Waals surface area contributed by atoms with Gasteiger partial charge in [-0.2, -0.15) is 0 Å². The van der Waals surface area contributed by atoms with Gasteiger partial charge in [0.2, 0.25) is 5.91 Å². The van der Waals surface area contributed by atoms with Crippen LogP contribution in [0.25, 0.3) is 0 Å². The summed E-state index contributed by atoms with van der Waals surface area (Å²) in [5.74, 6) is -0.355. The number of aromatic nitrogens is 1. The summed E-state index contributed by atoms with van der Waals surface area (Å²) >= 11 is 0. The Morgan fingerprint density at radius 3 is 2.72 bits per heavy atom. The number of nitrogens with one attached hydrogen (secondary N) is 2. The Hall–Kier alpha value is -1.97. The monoisotopic (exact) mass is 374 g/mol. The normalized spacial score (nSPS) is 15.9. The lowest BCUT2D eigenvalue weighted by atomic mass is 9.79. The number of hydrogen-bond donors (Lipinski definition) is 2. The number of halogens is 1. The number of methoxy groups -OCH3 is 1. The van der Waals surface area contributed by atoms with Gasteiger partial charge in [-0.25, -0.2) is 0 Å². The van der Waals surface area contributed by atoms with Gasteiger partial charge >= 0.3 is 0 Å². The molecule has 1 saturated heterocycles. The van der Waals surface area contributed by atoms with Gasteiger partial charge in [0.15, 0.2) is 0 Å². The summed E-state index contributed by atoms with van der Waals surface area (Å²) in [5, 5.41) is 16.9. The van der Waals surface area contributed by atoms with Crippen molar-refractivity contribution in [2.75, 3.05) is 33.4 Å². The number of rotatable bonds is 7. The Balaban J connectivity index is 0.00000312. The molecule has 1 aliphatic rings. The van der Waals surface area contributed by atoms with Gasteiger partial charge in [-0.15, -0.1) is 12.4 Å². The summed E-state index contributed by atoms with van der Waals surface area (Å²) in [6, 6.07) is 2.21. The Morgan fingerprint density at radius 1 is 1.44 bits per heavy atom. The lowest BCUT2D eigenvalue weighted by Crippen LogP contribution is -2.48. The van der Waals surface area contributed by atoms with E-state index >= 15 is 0 Å². The molecule has 2 N–H and O–H groups in total. The highest BCUT2D eigenvalue weighted by atomic mass is 35.5. The first-order valence-electron chi connectivity index (χ1n) is 7.77. The number of ether oxygens (including phenoxy) is 1. The quantitative estimate of drug-likeness (QED) is 0.524. The highest BCUT2D eigenvalue weighted by Crippen LogP contribution is 2.28. The molecule has 1 aromatic heterocycles. The van der Waals surface area contributed by atoms with Crippen molar-refractivity contribution in [2.45, 2.75) is 19.4 Å². The van der Waals surface area contributed by atoms with Crippen LogP contribution in [-0.4, -0.2) is 48.7 Å². The van der Waals surface area contributed by atoms with Crippen molar-refractivity contribution in [1.82, 2.24) is 15.2 Å². The molecule has 1 fully saturated rings. The average Bonchev–Trinajstić information content (AvgIpc) is 2.56. The standard InChI is InChI=1S/C15H22N4O5.ClH/c1-24-11-15(4-6-16-7-5-15)10-17-13(20)9-18-8-12(19(22)23)2-3-14(18)21;/h2-3,8,16H,4-7,9-11H2,1H3,(H,17,20);1H. The van der Waals surface area contributed by atoms with Crippen molar-refractivity contribution in [2.24, 2.45) is 5.41 Å². The van der Waals surface area contributed by atoms with Crippen LogP contribution >= 0.6 is 12.4 Å². The van der Waals surface area contributed by atoms with Gasteiger partial charge in [0.25, 0.3) is 11.2 Å². The molecule has 1 aliphatic heterocycles. The van der Waals surface area contributed by atoms with Crippen LogP contribution < -0.4 is 16.2 Å². The summed E-state index contributed by atoms with van der Waals surface area (Å²) in [6.45, 7) is 2.48. The molecular formula is C15H23ClN4O5. The van der Waals surface area contributed by atoms with Gasteiger partial charge in [-0.3, -0.25) is 24.3 Å². The van der Waals surface area contributed by atoms with Gasteiger partial charge in [-0.05, 0) is 25.9 Å². The second kappa shape index (κ2) is 9.50. The predicted molar refractivity (Wildman–Crippen MR) is 94.0 cm³/mol. The molecule has 0 radical (unpaired) electrons. The number of amides is 1. The molecule has 0 saturated carbocycles. The number of nitrogens with zero attached hydrogens (tertiary/aromatic N) is 2. The van der Waals surface area contributed by atoms with E-state index in [0.29, 0.717) is 13.2 Å². The maximum absolute atomic E-state index is 12.1. The molecule has 1 aromatic rings. The first-order valence-corrected chi connectivity index (χ1v) is 7.77. The third-order valence-electron chi connectivity index (χ3n) is 4.27. The van der Waals surface area contributed by atoms with Crippen LogP contribution in [0.5, 0.6) is 0 Å². The van der Waals surface area contributed by atoms with Gasteiger partial charge in [-0.1, -0.05) is 0 Å². The molecule has 0 atom stereocenters. The Bertz CT molecular complexity index is 652. The van der Waals surface area contributed by atoms with Crippen molar-refractivity contribution in [1.29, 1.82) is 0 Å². The van der Waals surface area contributed by atoms with Crippen LogP contribution in [0.3, 0.4) is 0 Å². The van der Waals surface area contributed by atoms with E-state index in [-0.39, 0.29) is 36.0 Å². The van der Waals surface area contributed by atoms with E-state index in [2.05, 4.69) is 10.6 Å². The summed E-state index contributed by atoms with van der Waals surface area (Å²) in [5.41, 5.74) is -0.802. The number of carbonyl (C=O) groups excluding carboxylic acids is 1. The molecule has 9 nitrogen and oxygen atoms in total. The van der Waals surface area contributed by atoms with E-state index in [1.807, 2.05) is 0 Å². The van der Waals surface area contributed by atoms with Crippen LogP contribution in [-0.2, 0) is 16.1 Å². The van der Waals surface area contributed by atoms with Crippen LogP contribution in [0.2, 0.25) is 0 Å². The lowest BCUT2D eigenvalue weighted by Gasteiger charge is -2.37. The van der Waals surface area contributed by atoms with Crippen molar-refractivity contribution >= 4 is 24.0 Å². The van der Waals surface area contributed by atoms with E-state index in [4.69, 9.17) is 4.74 Å². The molecule has 0 aromatic carbocycles. The molecule has 2 heterocycles. The van der Waals surface area contributed by atoms with Crippen molar-refractivity contribution in [3.05, 3.63) is 38.8 Å². The molecule has 0 spiro atoms. The van der Waals surface area contributed by atoms with E-state index in [0.717, 1.165) is 48.8 Å². The fourth-order valence-corrected chi connectivity index (χ4v) is 2.88.